The monoisotopic (exact) mass is 700 g/mol. The molecule has 0 spiro atoms. The maximum absolute atomic E-state index is 12.9. The summed E-state index contributed by atoms with van der Waals surface area (Å²) in [5.74, 6) is 0.260. The van der Waals surface area contributed by atoms with Crippen molar-refractivity contribution in [2.45, 2.75) is 38.8 Å². The Labute approximate surface area is 304 Å². The number of ether oxygens (including phenoxy) is 4. The van der Waals surface area contributed by atoms with E-state index in [2.05, 4.69) is 0 Å². The fourth-order valence-corrected chi connectivity index (χ4v) is 5.77. The summed E-state index contributed by atoms with van der Waals surface area (Å²) >= 11 is 0. The zero-order chi connectivity index (χ0) is 36.5. The quantitative estimate of drug-likeness (QED) is 0.0615. The second-order valence-corrected chi connectivity index (χ2v) is 13.0. The lowest BCUT2D eigenvalue weighted by atomic mass is 10.2. The molecule has 2 atom stereocenters. The third-order valence-corrected chi connectivity index (χ3v) is 8.70. The first-order chi connectivity index (χ1) is 25.2. The number of hydrogen-bond acceptors (Lipinski definition) is 8. The number of hydrogen-bond donors (Lipinski definition) is 0. The molecule has 0 fully saturated rings. The first-order valence-electron chi connectivity index (χ1n) is 17.2. The van der Waals surface area contributed by atoms with Crippen LogP contribution in [0.2, 0.25) is 0 Å². The fraction of sp³-hybridized carbons (Fsp3) is 0.238. The van der Waals surface area contributed by atoms with Crippen LogP contribution in [0.25, 0.3) is 21.8 Å². The van der Waals surface area contributed by atoms with Gasteiger partial charge in [0, 0.05) is 46.4 Å². The van der Waals surface area contributed by atoms with Gasteiger partial charge in [0.15, 0.2) is 12.5 Å². The molecule has 6 aromatic rings. The molecule has 0 bridgehead atoms. The molecule has 6 rings (SSSR count). The topological polar surface area (TPSA) is 87.4 Å². The smallest absolute Gasteiger partial charge is 0.332 e. The average Bonchev–Trinajstić information content (AvgIpc) is 3.75. The van der Waals surface area contributed by atoms with E-state index in [0.29, 0.717) is 26.3 Å². The molecule has 10 heteroatoms. The van der Waals surface area contributed by atoms with Crippen molar-refractivity contribution in [3.63, 3.8) is 0 Å². The van der Waals surface area contributed by atoms with Gasteiger partial charge >= 0.3 is 11.9 Å². The average molecular weight is 701 g/mol. The first kappa shape index (κ1) is 36.0. The molecule has 0 saturated heterocycles. The van der Waals surface area contributed by atoms with E-state index in [1.54, 1.807) is 0 Å². The third-order valence-electron chi connectivity index (χ3n) is 8.70. The van der Waals surface area contributed by atoms with Crippen LogP contribution >= 0.6 is 0 Å². The van der Waals surface area contributed by atoms with Gasteiger partial charge in [0.1, 0.15) is 24.7 Å². The SMILES string of the molecule is CN(C)C(Cn1ccc2cc(OCc3ccccc3)ccc21)OC(=O)/C=C/C(=O)OC(Cn1ccc2cc(OCc3ccccc3)ccc21)N(C)C. The zero-order valence-corrected chi connectivity index (χ0v) is 29.9. The van der Waals surface area contributed by atoms with Gasteiger partial charge in [0.25, 0.3) is 0 Å². The van der Waals surface area contributed by atoms with E-state index >= 15 is 0 Å². The van der Waals surface area contributed by atoms with Crippen LogP contribution in [0.1, 0.15) is 11.1 Å². The van der Waals surface area contributed by atoms with Gasteiger partial charge < -0.3 is 28.1 Å². The number of esters is 2. The summed E-state index contributed by atoms with van der Waals surface area (Å²) in [5.41, 5.74) is 4.16. The lowest BCUT2D eigenvalue weighted by Gasteiger charge is -2.25. The van der Waals surface area contributed by atoms with E-state index in [-0.39, 0.29) is 0 Å². The Morgan fingerprint density at radius 2 is 0.981 bits per heavy atom. The molecule has 4 aromatic carbocycles. The van der Waals surface area contributed by atoms with Crippen LogP contribution in [0.5, 0.6) is 11.5 Å². The number of carbonyl (C=O) groups excluding carboxylic acids is 2. The van der Waals surface area contributed by atoms with Crippen LogP contribution in [-0.4, -0.2) is 71.5 Å². The van der Waals surface area contributed by atoms with Gasteiger partial charge in [-0.25, -0.2) is 9.59 Å². The minimum Gasteiger partial charge on any atom is -0.489 e. The predicted octanol–water partition coefficient (Wildman–Crippen LogP) is 6.87. The number of carbonyl (C=O) groups is 2. The van der Waals surface area contributed by atoms with E-state index in [9.17, 15) is 9.59 Å². The Morgan fingerprint density at radius 1 is 0.577 bits per heavy atom. The highest BCUT2D eigenvalue weighted by atomic mass is 16.6. The maximum Gasteiger partial charge on any atom is 0.332 e. The van der Waals surface area contributed by atoms with Crippen LogP contribution in [0, 0.1) is 0 Å². The first-order valence-corrected chi connectivity index (χ1v) is 17.2. The van der Waals surface area contributed by atoms with Crippen molar-refractivity contribution in [3.8, 4) is 11.5 Å². The highest BCUT2D eigenvalue weighted by molar-refractivity contribution is 5.91. The van der Waals surface area contributed by atoms with Crippen molar-refractivity contribution in [1.29, 1.82) is 0 Å². The minimum absolute atomic E-state index is 0.388. The van der Waals surface area contributed by atoms with Crippen LogP contribution in [0.3, 0.4) is 0 Å². The van der Waals surface area contributed by atoms with Gasteiger partial charge in [-0.05, 0) is 87.8 Å². The largest absolute Gasteiger partial charge is 0.489 e. The molecule has 0 saturated carbocycles. The Kier molecular flexibility index (Phi) is 11.7. The molecule has 268 valence electrons. The molecule has 10 nitrogen and oxygen atoms in total. The van der Waals surface area contributed by atoms with Gasteiger partial charge in [0.2, 0.25) is 0 Å². The molecule has 52 heavy (non-hydrogen) atoms. The fourth-order valence-electron chi connectivity index (χ4n) is 5.77. The van der Waals surface area contributed by atoms with Crippen LogP contribution in [0.15, 0.2) is 134 Å². The number of aromatic nitrogens is 2. The molecular formula is C42H44N4O6. The number of rotatable bonds is 16. The minimum atomic E-state index is -0.646. The van der Waals surface area contributed by atoms with E-state index in [0.717, 1.165) is 56.6 Å². The second kappa shape index (κ2) is 16.9. The summed E-state index contributed by atoms with van der Waals surface area (Å²) < 4.78 is 27.5. The molecule has 2 aromatic heterocycles. The summed E-state index contributed by atoms with van der Waals surface area (Å²) in [5, 5.41) is 2.02. The third kappa shape index (κ3) is 9.48. The van der Waals surface area contributed by atoms with Crippen molar-refractivity contribution in [3.05, 3.63) is 145 Å². The highest BCUT2D eigenvalue weighted by Crippen LogP contribution is 2.25. The molecule has 0 aliphatic rings. The predicted molar refractivity (Wildman–Crippen MR) is 202 cm³/mol. The van der Waals surface area contributed by atoms with Gasteiger partial charge in [-0.2, -0.15) is 0 Å². The van der Waals surface area contributed by atoms with Gasteiger partial charge in [0.05, 0.1) is 13.1 Å². The van der Waals surface area contributed by atoms with Gasteiger partial charge in [-0.3, -0.25) is 9.80 Å². The van der Waals surface area contributed by atoms with Crippen LogP contribution in [-0.2, 0) is 45.4 Å². The van der Waals surface area contributed by atoms with Crippen molar-refractivity contribution in [2.24, 2.45) is 0 Å². The van der Waals surface area contributed by atoms with Gasteiger partial charge in [-0.1, -0.05) is 60.7 Å². The molecule has 0 N–H and O–H groups in total. The molecule has 0 amide bonds. The van der Waals surface area contributed by atoms with Gasteiger partial charge in [-0.15, -0.1) is 0 Å². The lowest BCUT2D eigenvalue weighted by molar-refractivity contribution is -0.154. The zero-order valence-electron chi connectivity index (χ0n) is 29.9. The van der Waals surface area contributed by atoms with E-state index in [4.69, 9.17) is 18.9 Å². The highest BCUT2D eigenvalue weighted by Gasteiger charge is 2.20. The maximum atomic E-state index is 12.9. The Bertz CT molecular complexity index is 1970. The van der Waals surface area contributed by atoms with Crippen molar-refractivity contribution < 1.29 is 28.5 Å². The summed E-state index contributed by atoms with van der Waals surface area (Å²) in [4.78, 5) is 29.4. The van der Waals surface area contributed by atoms with E-state index < -0.39 is 24.4 Å². The summed E-state index contributed by atoms with van der Waals surface area (Å²) in [6.45, 7) is 1.75. The number of likely N-dealkylation sites (N-methyl/N-ethyl adjacent to an activating group) is 2. The van der Waals surface area contributed by atoms with E-state index in [1.807, 2.05) is 169 Å². The van der Waals surface area contributed by atoms with Crippen LogP contribution in [0.4, 0.5) is 0 Å². The molecule has 0 radical (unpaired) electrons. The van der Waals surface area contributed by atoms with Crippen molar-refractivity contribution in [2.75, 3.05) is 28.2 Å². The molecular weight excluding hydrogens is 656 g/mol. The standard InChI is InChI=1S/C42H44N4O6/c1-43(2)39(27-45-23-21-33-25-35(15-17-37(33)45)49-29-31-11-7-5-8-12-31)51-41(47)19-20-42(48)52-40(44(3)4)28-46-24-22-34-26-36(16-18-38(34)46)50-30-32-13-9-6-10-14-32/h5-26,39-40H,27-30H2,1-4H3/b20-19+. The molecule has 2 heterocycles. The summed E-state index contributed by atoms with van der Waals surface area (Å²) in [6.07, 6.45) is 4.96. The Hall–Kier alpha value is -5.84. The molecule has 0 aliphatic heterocycles. The van der Waals surface area contributed by atoms with Crippen molar-refractivity contribution >= 4 is 33.7 Å². The number of benzene rings is 4. The van der Waals surface area contributed by atoms with Crippen LogP contribution < -0.4 is 9.47 Å². The summed E-state index contributed by atoms with van der Waals surface area (Å²) in [6, 6.07) is 35.9. The number of nitrogens with zero attached hydrogens (tertiary/aromatic N) is 4. The van der Waals surface area contributed by atoms with E-state index in [1.165, 1.54) is 0 Å². The molecule has 0 aliphatic carbocycles. The lowest BCUT2D eigenvalue weighted by Crippen LogP contribution is -2.36. The Morgan fingerprint density at radius 3 is 1.37 bits per heavy atom. The second-order valence-electron chi connectivity index (χ2n) is 13.0. The Balaban J connectivity index is 1.02. The normalized spacial score (nSPS) is 12.8. The number of fused-ring (bicyclic) bond motifs is 2. The summed E-state index contributed by atoms with van der Waals surface area (Å²) in [7, 11) is 7.34. The molecule has 2 unspecified atom stereocenters. The van der Waals surface area contributed by atoms with Crippen molar-refractivity contribution in [1.82, 2.24) is 18.9 Å².